The second-order valence-electron chi connectivity index (χ2n) is 4.34. The van der Waals surface area contributed by atoms with E-state index in [2.05, 4.69) is 15.4 Å². The summed E-state index contributed by atoms with van der Waals surface area (Å²) in [4.78, 5) is 16.5. The van der Waals surface area contributed by atoms with Crippen LogP contribution in [0, 0.1) is 0 Å². The van der Waals surface area contributed by atoms with E-state index in [1.54, 1.807) is 30.1 Å². The van der Waals surface area contributed by atoms with Crippen LogP contribution >= 0.6 is 11.6 Å². The summed E-state index contributed by atoms with van der Waals surface area (Å²) in [7, 11) is 1.79. The first-order valence-corrected chi connectivity index (χ1v) is 6.37. The van der Waals surface area contributed by atoms with Gasteiger partial charge >= 0.3 is 0 Å². The summed E-state index contributed by atoms with van der Waals surface area (Å²) in [6, 6.07) is 10.7. The summed E-state index contributed by atoms with van der Waals surface area (Å²) in [5.74, 6) is 0.235. The van der Waals surface area contributed by atoms with Crippen LogP contribution in [-0.2, 0) is 7.05 Å². The lowest BCUT2D eigenvalue weighted by atomic mass is 10.1. The van der Waals surface area contributed by atoms with Crippen LogP contribution < -0.4 is 5.32 Å². The fraction of sp³-hybridized carbons (Fsp3) is 0.0714. The number of anilines is 1. The van der Waals surface area contributed by atoms with Gasteiger partial charge in [-0.1, -0.05) is 29.8 Å². The maximum atomic E-state index is 12.3. The van der Waals surface area contributed by atoms with Gasteiger partial charge in [-0.3, -0.25) is 9.48 Å². The highest BCUT2D eigenvalue weighted by atomic mass is 35.5. The molecule has 0 spiro atoms. The van der Waals surface area contributed by atoms with Gasteiger partial charge in [0.1, 0.15) is 5.15 Å². The van der Waals surface area contributed by atoms with E-state index >= 15 is 0 Å². The summed E-state index contributed by atoms with van der Waals surface area (Å²) in [5.41, 5.74) is 1.16. The second-order valence-corrected chi connectivity index (χ2v) is 4.73. The van der Waals surface area contributed by atoms with E-state index in [1.165, 1.54) is 0 Å². The van der Waals surface area contributed by atoms with E-state index in [0.717, 1.165) is 5.39 Å². The van der Waals surface area contributed by atoms with Crippen LogP contribution in [0.2, 0.25) is 5.15 Å². The predicted octanol–water partition coefficient (Wildman–Crippen LogP) is 2.87. The monoisotopic (exact) mass is 286 g/mol. The average molecular weight is 287 g/mol. The molecule has 0 saturated heterocycles. The second kappa shape index (κ2) is 4.94. The fourth-order valence-electron chi connectivity index (χ4n) is 2.00. The number of nitrogens with one attached hydrogen (secondary N) is 1. The molecule has 0 unspecified atom stereocenters. The molecular formula is C14H11ClN4O. The normalized spacial score (nSPS) is 10.7. The molecule has 1 amide bonds. The molecular weight excluding hydrogens is 276 g/mol. The summed E-state index contributed by atoms with van der Waals surface area (Å²) in [6.07, 6.45) is 1.76. The molecule has 20 heavy (non-hydrogen) atoms. The SMILES string of the molecule is Cn1ccc(NC(=O)c2cc(Cl)nc3ccccc23)n1. The Morgan fingerprint density at radius 1 is 1.30 bits per heavy atom. The summed E-state index contributed by atoms with van der Waals surface area (Å²) in [6.45, 7) is 0. The highest BCUT2D eigenvalue weighted by Crippen LogP contribution is 2.21. The molecule has 5 nitrogen and oxygen atoms in total. The van der Waals surface area contributed by atoms with Crippen molar-refractivity contribution in [1.29, 1.82) is 0 Å². The molecule has 1 aromatic carbocycles. The van der Waals surface area contributed by atoms with Crippen molar-refractivity contribution >= 4 is 34.2 Å². The van der Waals surface area contributed by atoms with E-state index in [1.807, 2.05) is 24.3 Å². The zero-order valence-electron chi connectivity index (χ0n) is 10.7. The van der Waals surface area contributed by atoms with Crippen LogP contribution in [0.25, 0.3) is 10.9 Å². The quantitative estimate of drug-likeness (QED) is 0.737. The van der Waals surface area contributed by atoms with Crippen LogP contribution in [0.3, 0.4) is 0 Å². The third kappa shape index (κ3) is 2.35. The summed E-state index contributed by atoms with van der Waals surface area (Å²) >= 11 is 5.96. The van der Waals surface area contributed by atoms with Gasteiger partial charge in [-0.2, -0.15) is 5.10 Å². The van der Waals surface area contributed by atoms with Crippen LogP contribution in [0.5, 0.6) is 0 Å². The van der Waals surface area contributed by atoms with Crippen molar-refractivity contribution in [2.45, 2.75) is 0 Å². The molecule has 3 rings (SSSR count). The summed E-state index contributed by atoms with van der Waals surface area (Å²) in [5, 5.41) is 7.90. The Kier molecular flexibility index (Phi) is 3.12. The standard InChI is InChI=1S/C14H11ClN4O/c1-19-7-6-13(18-19)17-14(20)10-8-12(15)16-11-5-3-2-4-9(10)11/h2-8H,1H3,(H,17,18,20). The van der Waals surface area contributed by atoms with Gasteiger partial charge in [0.25, 0.3) is 5.91 Å². The van der Waals surface area contributed by atoms with Gasteiger partial charge in [0.05, 0.1) is 11.1 Å². The van der Waals surface area contributed by atoms with Crippen molar-refractivity contribution in [1.82, 2.24) is 14.8 Å². The first kappa shape index (κ1) is 12.6. The Balaban J connectivity index is 2.02. The number of hydrogen-bond donors (Lipinski definition) is 1. The molecule has 6 heteroatoms. The molecule has 0 aliphatic rings. The highest BCUT2D eigenvalue weighted by molar-refractivity contribution is 6.30. The number of benzene rings is 1. The number of rotatable bonds is 2. The van der Waals surface area contributed by atoms with Crippen molar-refractivity contribution in [3.05, 3.63) is 53.3 Å². The van der Waals surface area contributed by atoms with Gasteiger partial charge in [0.15, 0.2) is 5.82 Å². The van der Waals surface area contributed by atoms with E-state index in [0.29, 0.717) is 16.9 Å². The Hall–Kier alpha value is -2.40. The molecule has 0 saturated carbocycles. The first-order valence-electron chi connectivity index (χ1n) is 6.00. The maximum Gasteiger partial charge on any atom is 0.257 e. The molecule has 0 fully saturated rings. The van der Waals surface area contributed by atoms with Crippen LogP contribution in [0.4, 0.5) is 5.82 Å². The molecule has 0 aliphatic carbocycles. The lowest BCUT2D eigenvalue weighted by Gasteiger charge is -2.06. The number of halogens is 1. The largest absolute Gasteiger partial charge is 0.305 e. The van der Waals surface area contributed by atoms with Crippen molar-refractivity contribution in [2.24, 2.45) is 7.05 Å². The first-order chi connectivity index (χ1) is 9.63. The molecule has 100 valence electrons. The van der Waals surface area contributed by atoms with Crippen molar-refractivity contribution in [3.63, 3.8) is 0 Å². The number of pyridine rings is 1. The van der Waals surface area contributed by atoms with Crippen molar-refractivity contribution in [2.75, 3.05) is 5.32 Å². The van der Waals surface area contributed by atoms with Gasteiger partial charge < -0.3 is 5.32 Å². The Morgan fingerprint density at radius 2 is 2.10 bits per heavy atom. The van der Waals surface area contributed by atoms with E-state index < -0.39 is 0 Å². The van der Waals surface area contributed by atoms with Gasteiger partial charge in [-0.05, 0) is 12.1 Å². The van der Waals surface area contributed by atoms with Crippen molar-refractivity contribution in [3.8, 4) is 0 Å². The van der Waals surface area contributed by atoms with E-state index in [9.17, 15) is 4.79 Å². The van der Waals surface area contributed by atoms with Crippen LogP contribution in [0.1, 0.15) is 10.4 Å². The Bertz CT molecular complexity index is 797. The molecule has 1 N–H and O–H groups in total. The molecule has 2 heterocycles. The van der Waals surface area contributed by atoms with E-state index in [-0.39, 0.29) is 11.1 Å². The van der Waals surface area contributed by atoms with E-state index in [4.69, 9.17) is 11.6 Å². The number of nitrogens with zero attached hydrogens (tertiary/aromatic N) is 3. The molecule has 2 aromatic heterocycles. The van der Waals surface area contributed by atoms with Crippen molar-refractivity contribution < 1.29 is 4.79 Å². The van der Waals surface area contributed by atoms with Gasteiger partial charge in [-0.25, -0.2) is 4.98 Å². The lowest BCUT2D eigenvalue weighted by Crippen LogP contribution is -2.13. The summed E-state index contributed by atoms with van der Waals surface area (Å²) < 4.78 is 1.62. The number of amides is 1. The predicted molar refractivity (Wildman–Crippen MR) is 77.9 cm³/mol. The maximum absolute atomic E-state index is 12.3. The average Bonchev–Trinajstić information content (AvgIpc) is 2.83. The number of aromatic nitrogens is 3. The fourth-order valence-corrected chi connectivity index (χ4v) is 2.20. The highest BCUT2D eigenvalue weighted by Gasteiger charge is 2.13. The third-order valence-electron chi connectivity index (χ3n) is 2.88. The number of carbonyl (C=O) groups excluding carboxylic acids is 1. The Morgan fingerprint density at radius 3 is 2.85 bits per heavy atom. The molecule has 0 bridgehead atoms. The topological polar surface area (TPSA) is 59.8 Å². The number of carbonyl (C=O) groups is 1. The van der Waals surface area contributed by atoms with Gasteiger partial charge in [-0.15, -0.1) is 0 Å². The smallest absolute Gasteiger partial charge is 0.257 e. The van der Waals surface area contributed by atoms with Gasteiger partial charge in [0.2, 0.25) is 0 Å². The van der Waals surface area contributed by atoms with Gasteiger partial charge in [0, 0.05) is 24.7 Å². The number of para-hydroxylation sites is 1. The zero-order chi connectivity index (χ0) is 14.1. The minimum absolute atomic E-state index is 0.260. The zero-order valence-corrected chi connectivity index (χ0v) is 11.4. The third-order valence-corrected chi connectivity index (χ3v) is 3.08. The van der Waals surface area contributed by atoms with Crippen LogP contribution in [-0.4, -0.2) is 20.7 Å². The number of fused-ring (bicyclic) bond motifs is 1. The number of hydrogen-bond acceptors (Lipinski definition) is 3. The minimum atomic E-state index is -0.260. The lowest BCUT2D eigenvalue weighted by molar-refractivity contribution is 0.102. The molecule has 0 radical (unpaired) electrons. The molecule has 3 aromatic rings. The molecule has 0 aliphatic heterocycles. The number of aryl methyl sites for hydroxylation is 1. The Labute approximate surface area is 120 Å². The van der Waals surface area contributed by atoms with Crippen LogP contribution in [0.15, 0.2) is 42.6 Å². The minimum Gasteiger partial charge on any atom is -0.305 e. The molecule has 0 atom stereocenters.